The Bertz CT molecular complexity index is 315. The number of benzene rings is 1. The van der Waals surface area contributed by atoms with Crippen molar-refractivity contribution in [2.45, 2.75) is 40.2 Å². The van der Waals surface area contributed by atoms with Crippen molar-refractivity contribution >= 4 is 0 Å². The molecule has 0 bridgehead atoms. The Morgan fingerprint density at radius 1 is 1.18 bits per heavy atom. The third kappa shape index (κ3) is 5.33. The number of aliphatic hydroxyl groups is 1. The number of aryl methyl sites for hydroxylation is 2. The van der Waals surface area contributed by atoms with Crippen molar-refractivity contribution in [2.24, 2.45) is 5.92 Å². The second-order valence-electron chi connectivity index (χ2n) is 4.91. The molecule has 0 spiro atoms. The van der Waals surface area contributed by atoms with E-state index in [1.165, 1.54) is 16.7 Å². The van der Waals surface area contributed by atoms with Gasteiger partial charge in [-0.3, -0.25) is 0 Å². The molecule has 0 aromatic heterocycles. The molecule has 0 radical (unpaired) electrons. The maximum absolute atomic E-state index is 8.93. The fourth-order valence-corrected chi connectivity index (χ4v) is 2.22. The fourth-order valence-electron chi connectivity index (χ4n) is 2.22. The van der Waals surface area contributed by atoms with Crippen molar-refractivity contribution in [2.75, 3.05) is 13.2 Å². The standard InChI is InChI=1S/C15H25NO/c1-4-14(5-6-17)10-16-11-15-8-12(2)7-13(3)9-15/h7-9,14,16-17H,4-6,10-11H2,1-3H3. The van der Waals surface area contributed by atoms with Gasteiger partial charge in [0.2, 0.25) is 0 Å². The predicted octanol–water partition coefficient (Wildman–Crippen LogP) is 2.80. The molecule has 0 aliphatic rings. The maximum Gasteiger partial charge on any atom is 0.0434 e. The molecule has 0 saturated heterocycles. The molecule has 2 N–H and O–H groups in total. The van der Waals surface area contributed by atoms with Gasteiger partial charge in [0.15, 0.2) is 0 Å². The number of nitrogens with one attached hydrogen (secondary N) is 1. The van der Waals surface area contributed by atoms with E-state index < -0.39 is 0 Å². The molecule has 1 aromatic carbocycles. The van der Waals surface area contributed by atoms with Crippen molar-refractivity contribution in [3.8, 4) is 0 Å². The van der Waals surface area contributed by atoms with Gasteiger partial charge in [0.05, 0.1) is 0 Å². The lowest BCUT2D eigenvalue weighted by atomic mass is 10.0. The van der Waals surface area contributed by atoms with Crippen molar-refractivity contribution < 1.29 is 5.11 Å². The van der Waals surface area contributed by atoms with Crippen LogP contribution in [0, 0.1) is 19.8 Å². The summed E-state index contributed by atoms with van der Waals surface area (Å²) in [7, 11) is 0. The van der Waals surface area contributed by atoms with E-state index in [1.54, 1.807) is 0 Å². The highest BCUT2D eigenvalue weighted by Gasteiger charge is 2.04. The molecular weight excluding hydrogens is 210 g/mol. The normalized spacial score (nSPS) is 12.7. The van der Waals surface area contributed by atoms with Crippen molar-refractivity contribution in [3.63, 3.8) is 0 Å². The molecule has 96 valence electrons. The van der Waals surface area contributed by atoms with Crippen LogP contribution in [0.5, 0.6) is 0 Å². The second-order valence-corrected chi connectivity index (χ2v) is 4.91. The quantitative estimate of drug-likeness (QED) is 0.761. The largest absolute Gasteiger partial charge is 0.396 e. The Labute approximate surface area is 105 Å². The highest BCUT2D eigenvalue weighted by Crippen LogP contribution is 2.10. The van der Waals surface area contributed by atoms with Crippen molar-refractivity contribution in [1.29, 1.82) is 0 Å². The number of hydrogen-bond acceptors (Lipinski definition) is 2. The van der Waals surface area contributed by atoms with E-state index in [9.17, 15) is 0 Å². The van der Waals surface area contributed by atoms with Gasteiger partial charge in [-0.1, -0.05) is 42.7 Å². The van der Waals surface area contributed by atoms with Gasteiger partial charge in [-0.25, -0.2) is 0 Å². The van der Waals surface area contributed by atoms with Crippen LogP contribution in [0.25, 0.3) is 0 Å². The summed E-state index contributed by atoms with van der Waals surface area (Å²) in [5.41, 5.74) is 4.00. The molecular formula is C15H25NO. The zero-order valence-electron chi connectivity index (χ0n) is 11.3. The van der Waals surface area contributed by atoms with E-state index in [4.69, 9.17) is 5.11 Å². The third-order valence-electron chi connectivity index (χ3n) is 3.16. The predicted molar refractivity (Wildman–Crippen MR) is 73.1 cm³/mol. The van der Waals surface area contributed by atoms with Crippen LogP contribution in [0.1, 0.15) is 36.5 Å². The lowest BCUT2D eigenvalue weighted by molar-refractivity contribution is 0.251. The zero-order chi connectivity index (χ0) is 12.7. The van der Waals surface area contributed by atoms with E-state index in [2.05, 4.69) is 44.3 Å². The molecule has 1 aromatic rings. The summed E-state index contributed by atoms with van der Waals surface area (Å²) in [6, 6.07) is 6.66. The van der Waals surface area contributed by atoms with Crippen LogP contribution >= 0.6 is 0 Å². The van der Waals surface area contributed by atoms with Gasteiger partial charge >= 0.3 is 0 Å². The smallest absolute Gasteiger partial charge is 0.0434 e. The van der Waals surface area contributed by atoms with E-state index in [0.717, 1.165) is 25.9 Å². The Kier molecular flexibility index (Phi) is 6.23. The summed E-state index contributed by atoms with van der Waals surface area (Å²) in [5, 5.41) is 12.4. The highest BCUT2D eigenvalue weighted by molar-refractivity contribution is 5.28. The molecule has 2 nitrogen and oxygen atoms in total. The lowest BCUT2D eigenvalue weighted by Gasteiger charge is -2.14. The van der Waals surface area contributed by atoms with Crippen LogP contribution in [0.3, 0.4) is 0 Å². The molecule has 0 fully saturated rings. The molecule has 0 amide bonds. The van der Waals surface area contributed by atoms with Gasteiger partial charge in [0, 0.05) is 13.2 Å². The van der Waals surface area contributed by atoms with E-state index in [0.29, 0.717) is 12.5 Å². The van der Waals surface area contributed by atoms with Gasteiger partial charge in [-0.15, -0.1) is 0 Å². The molecule has 1 rings (SSSR count). The molecule has 0 heterocycles. The average Bonchev–Trinajstić information content (AvgIpc) is 2.26. The first-order valence-corrected chi connectivity index (χ1v) is 6.54. The van der Waals surface area contributed by atoms with Gasteiger partial charge < -0.3 is 10.4 Å². The van der Waals surface area contributed by atoms with Crippen LogP contribution in [0.2, 0.25) is 0 Å². The molecule has 17 heavy (non-hydrogen) atoms. The number of aliphatic hydroxyl groups excluding tert-OH is 1. The van der Waals surface area contributed by atoms with Gasteiger partial charge in [-0.2, -0.15) is 0 Å². The summed E-state index contributed by atoms with van der Waals surface area (Å²) in [5.74, 6) is 0.589. The maximum atomic E-state index is 8.93. The molecule has 2 heteroatoms. The van der Waals surface area contributed by atoms with Crippen LogP contribution in [-0.4, -0.2) is 18.3 Å². The van der Waals surface area contributed by atoms with E-state index in [1.807, 2.05) is 0 Å². The highest BCUT2D eigenvalue weighted by atomic mass is 16.3. The van der Waals surface area contributed by atoms with Gasteiger partial charge in [0.1, 0.15) is 0 Å². The minimum atomic E-state index is 0.295. The minimum absolute atomic E-state index is 0.295. The Hall–Kier alpha value is -0.860. The van der Waals surface area contributed by atoms with Gasteiger partial charge in [0.25, 0.3) is 0 Å². The molecule has 0 aliphatic carbocycles. The molecule has 1 unspecified atom stereocenters. The van der Waals surface area contributed by atoms with Crippen LogP contribution in [0.4, 0.5) is 0 Å². The SMILES string of the molecule is CCC(CCO)CNCc1cc(C)cc(C)c1. The average molecular weight is 235 g/mol. The Balaban J connectivity index is 2.39. The number of rotatable bonds is 7. The first kappa shape index (κ1) is 14.2. The Morgan fingerprint density at radius 3 is 2.35 bits per heavy atom. The van der Waals surface area contributed by atoms with Crippen LogP contribution in [0.15, 0.2) is 18.2 Å². The second kappa shape index (κ2) is 7.46. The van der Waals surface area contributed by atoms with Crippen LogP contribution < -0.4 is 5.32 Å². The Morgan fingerprint density at radius 2 is 1.82 bits per heavy atom. The molecule has 1 atom stereocenters. The van der Waals surface area contributed by atoms with E-state index >= 15 is 0 Å². The lowest BCUT2D eigenvalue weighted by Crippen LogP contribution is -2.23. The molecule has 0 aliphatic heterocycles. The van der Waals surface area contributed by atoms with Crippen molar-refractivity contribution in [3.05, 3.63) is 34.9 Å². The number of hydrogen-bond donors (Lipinski definition) is 2. The van der Waals surface area contributed by atoms with Gasteiger partial charge in [-0.05, 0) is 38.3 Å². The monoisotopic (exact) mass is 235 g/mol. The zero-order valence-corrected chi connectivity index (χ0v) is 11.3. The van der Waals surface area contributed by atoms with Crippen molar-refractivity contribution in [1.82, 2.24) is 5.32 Å². The fraction of sp³-hybridized carbons (Fsp3) is 0.600. The minimum Gasteiger partial charge on any atom is -0.396 e. The molecule has 0 saturated carbocycles. The van der Waals surface area contributed by atoms with E-state index in [-0.39, 0.29) is 0 Å². The summed E-state index contributed by atoms with van der Waals surface area (Å²) < 4.78 is 0. The summed E-state index contributed by atoms with van der Waals surface area (Å²) in [6.07, 6.45) is 2.02. The topological polar surface area (TPSA) is 32.3 Å². The summed E-state index contributed by atoms with van der Waals surface area (Å²) in [4.78, 5) is 0. The first-order chi connectivity index (χ1) is 8.15. The first-order valence-electron chi connectivity index (χ1n) is 6.54. The summed E-state index contributed by atoms with van der Waals surface area (Å²) >= 11 is 0. The van der Waals surface area contributed by atoms with Crippen LogP contribution in [-0.2, 0) is 6.54 Å². The summed E-state index contributed by atoms with van der Waals surface area (Å²) in [6.45, 7) is 8.66. The third-order valence-corrected chi connectivity index (χ3v) is 3.16.